The van der Waals surface area contributed by atoms with Crippen molar-refractivity contribution in [2.75, 3.05) is 12.5 Å². The van der Waals surface area contributed by atoms with Gasteiger partial charge in [0, 0.05) is 17.1 Å². The molecule has 0 spiro atoms. The number of nitrogens with one attached hydrogen (secondary N) is 1. The van der Waals surface area contributed by atoms with E-state index >= 15 is 0 Å². The second kappa shape index (κ2) is 10.1. The van der Waals surface area contributed by atoms with Gasteiger partial charge in [0.15, 0.2) is 0 Å². The van der Waals surface area contributed by atoms with Gasteiger partial charge in [0.2, 0.25) is 0 Å². The van der Waals surface area contributed by atoms with E-state index in [1.165, 1.54) is 42.5 Å². The highest BCUT2D eigenvalue weighted by Crippen LogP contribution is 2.27. The van der Waals surface area contributed by atoms with Crippen LogP contribution in [0.2, 0.25) is 0 Å². The Balaban J connectivity index is 0.000000561. The second-order valence-corrected chi connectivity index (χ2v) is 5.16. The number of benzene rings is 1. The Bertz CT molecular complexity index is 548. The van der Waals surface area contributed by atoms with E-state index in [2.05, 4.69) is 42.6 Å². The van der Waals surface area contributed by atoms with Crippen LogP contribution in [0.15, 0.2) is 30.3 Å². The number of rotatable bonds is 3. The molecule has 3 heteroatoms. The molecule has 1 N–H and O–H groups in total. The molecule has 0 atom stereocenters. The van der Waals surface area contributed by atoms with E-state index in [0.29, 0.717) is 13.2 Å². The number of anilines is 1. The first-order valence-electron chi connectivity index (χ1n) is 8.40. The minimum Gasteiger partial charge on any atom is -0.381 e. The highest BCUT2D eigenvalue weighted by molar-refractivity contribution is 5.90. The van der Waals surface area contributed by atoms with Crippen LogP contribution in [0, 0.1) is 0 Å². The molecule has 1 fully saturated rings. The molecule has 1 aliphatic carbocycles. The van der Waals surface area contributed by atoms with Gasteiger partial charge in [-0.2, -0.15) is 0 Å². The number of nitrogens with zero attached hydrogens (tertiary/aromatic N) is 1. The number of para-hydroxylation sites is 1. The Morgan fingerprint density at radius 2 is 1.77 bits per heavy atom. The molecule has 1 heterocycles. The lowest BCUT2D eigenvalue weighted by atomic mass is 10.1. The first-order chi connectivity index (χ1) is 10.9. The van der Waals surface area contributed by atoms with Gasteiger partial charge in [0.05, 0.1) is 18.4 Å². The van der Waals surface area contributed by atoms with Crippen molar-refractivity contribution in [2.24, 2.45) is 0 Å². The van der Waals surface area contributed by atoms with Crippen molar-refractivity contribution >= 4 is 16.6 Å². The van der Waals surface area contributed by atoms with E-state index in [1.807, 2.05) is 13.8 Å². The lowest BCUT2D eigenvalue weighted by Gasteiger charge is -2.15. The van der Waals surface area contributed by atoms with E-state index in [4.69, 9.17) is 4.98 Å². The Morgan fingerprint density at radius 1 is 1.09 bits per heavy atom. The van der Waals surface area contributed by atoms with Crippen LogP contribution in [0.5, 0.6) is 0 Å². The number of hydrogen-bond acceptors (Lipinski definition) is 2. The summed E-state index contributed by atoms with van der Waals surface area (Å²) in [6.45, 7) is 6.15. The minimum atomic E-state index is 0.500. The third kappa shape index (κ3) is 4.69. The summed E-state index contributed by atoms with van der Waals surface area (Å²) in [7, 11) is 0.500. The number of halogens is 1. The van der Waals surface area contributed by atoms with Crippen molar-refractivity contribution in [1.82, 2.24) is 4.98 Å². The molecule has 2 nitrogen and oxygen atoms in total. The van der Waals surface area contributed by atoms with Crippen molar-refractivity contribution in [3.63, 3.8) is 0 Å². The molecular formula is C19H29FN2. The van der Waals surface area contributed by atoms with Gasteiger partial charge in [0.1, 0.15) is 0 Å². The van der Waals surface area contributed by atoms with Gasteiger partial charge in [-0.05, 0) is 31.4 Å². The highest BCUT2D eigenvalue weighted by atomic mass is 19.1. The molecule has 0 saturated heterocycles. The van der Waals surface area contributed by atoms with Crippen LogP contribution in [0.3, 0.4) is 0 Å². The summed E-state index contributed by atoms with van der Waals surface area (Å²) in [4.78, 5) is 4.77. The molecule has 0 aliphatic heterocycles. The SMILES string of the molecule is CC.CCc1ccc2cccc(NC3CCCC3)c2n1.CF. The van der Waals surface area contributed by atoms with Crippen LogP contribution < -0.4 is 5.32 Å². The monoisotopic (exact) mass is 304 g/mol. The van der Waals surface area contributed by atoms with E-state index in [0.717, 1.165) is 11.9 Å². The van der Waals surface area contributed by atoms with Crippen LogP contribution in [0.25, 0.3) is 10.9 Å². The lowest BCUT2D eigenvalue weighted by Crippen LogP contribution is -2.14. The van der Waals surface area contributed by atoms with Crippen molar-refractivity contribution < 1.29 is 4.39 Å². The Morgan fingerprint density at radius 3 is 2.41 bits per heavy atom. The summed E-state index contributed by atoms with van der Waals surface area (Å²) >= 11 is 0. The van der Waals surface area contributed by atoms with Crippen LogP contribution in [0.1, 0.15) is 52.1 Å². The maximum Gasteiger partial charge on any atom is 0.0936 e. The fraction of sp³-hybridized carbons (Fsp3) is 0.526. The number of hydrogen-bond donors (Lipinski definition) is 1. The summed E-state index contributed by atoms with van der Waals surface area (Å²) in [5, 5.41) is 4.90. The van der Waals surface area contributed by atoms with Crippen molar-refractivity contribution in [3.05, 3.63) is 36.0 Å². The number of alkyl halides is 1. The predicted molar refractivity (Wildman–Crippen MR) is 95.4 cm³/mol. The largest absolute Gasteiger partial charge is 0.381 e. The van der Waals surface area contributed by atoms with Gasteiger partial charge in [-0.15, -0.1) is 0 Å². The number of fused-ring (bicyclic) bond motifs is 1. The van der Waals surface area contributed by atoms with Gasteiger partial charge < -0.3 is 5.32 Å². The molecule has 0 radical (unpaired) electrons. The fourth-order valence-corrected chi connectivity index (χ4v) is 2.79. The zero-order chi connectivity index (χ0) is 16.4. The maximum absolute atomic E-state index is 9.50. The molecule has 22 heavy (non-hydrogen) atoms. The molecular weight excluding hydrogens is 275 g/mol. The maximum atomic E-state index is 9.50. The van der Waals surface area contributed by atoms with Crippen molar-refractivity contribution in [1.29, 1.82) is 0 Å². The van der Waals surface area contributed by atoms with Crippen LogP contribution >= 0.6 is 0 Å². The van der Waals surface area contributed by atoms with Gasteiger partial charge in [-0.25, -0.2) is 0 Å². The zero-order valence-electron chi connectivity index (χ0n) is 14.3. The zero-order valence-corrected chi connectivity index (χ0v) is 14.3. The number of aryl methyl sites for hydroxylation is 1. The molecule has 3 rings (SSSR count). The Kier molecular flexibility index (Phi) is 8.49. The van der Waals surface area contributed by atoms with E-state index in [1.54, 1.807) is 0 Å². The molecule has 2 aromatic rings. The standard InChI is InChI=1S/C16H20N2.C2H6.CH3F/c1-2-13-11-10-12-6-5-9-15(16(12)18-13)17-14-7-3-4-8-14;2*1-2/h5-6,9-11,14,17H,2-4,7-8H2,1H3;1-2H3;1H3. The average Bonchev–Trinajstić information content (AvgIpc) is 3.11. The van der Waals surface area contributed by atoms with Gasteiger partial charge in [-0.3, -0.25) is 9.37 Å². The average molecular weight is 304 g/mol. The molecule has 122 valence electrons. The third-order valence-corrected chi connectivity index (χ3v) is 3.85. The van der Waals surface area contributed by atoms with Crippen LogP contribution in [-0.4, -0.2) is 18.2 Å². The van der Waals surface area contributed by atoms with Crippen LogP contribution in [0.4, 0.5) is 10.1 Å². The molecule has 0 bridgehead atoms. The quantitative estimate of drug-likeness (QED) is 0.779. The van der Waals surface area contributed by atoms with Gasteiger partial charge in [0.25, 0.3) is 0 Å². The summed E-state index contributed by atoms with van der Waals surface area (Å²) < 4.78 is 9.50. The fourth-order valence-electron chi connectivity index (χ4n) is 2.79. The minimum absolute atomic E-state index is 0.500. The van der Waals surface area contributed by atoms with Crippen molar-refractivity contribution in [2.45, 2.75) is 58.9 Å². The molecule has 1 saturated carbocycles. The van der Waals surface area contributed by atoms with Gasteiger partial charge in [-0.1, -0.05) is 51.8 Å². The second-order valence-electron chi connectivity index (χ2n) is 5.16. The third-order valence-electron chi connectivity index (χ3n) is 3.85. The predicted octanol–water partition coefficient (Wildman–Crippen LogP) is 5.76. The molecule has 0 unspecified atom stereocenters. The Labute approximate surface area is 134 Å². The van der Waals surface area contributed by atoms with Gasteiger partial charge >= 0.3 is 0 Å². The van der Waals surface area contributed by atoms with Crippen molar-refractivity contribution in [3.8, 4) is 0 Å². The first-order valence-corrected chi connectivity index (χ1v) is 8.40. The molecule has 1 aliphatic rings. The van der Waals surface area contributed by atoms with Crippen LogP contribution in [-0.2, 0) is 6.42 Å². The smallest absolute Gasteiger partial charge is 0.0936 e. The van der Waals surface area contributed by atoms with E-state index in [-0.39, 0.29) is 0 Å². The summed E-state index contributed by atoms with van der Waals surface area (Å²) in [6, 6.07) is 11.4. The summed E-state index contributed by atoms with van der Waals surface area (Å²) in [5.74, 6) is 0. The topological polar surface area (TPSA) is 24.9 Å². The normalized spacial score (nSPS) is 13.9. The van der Waals surface area contributed by atoms with E-state index < -0.39 is 0 Å². The lowest BCUT2D eigenvalue weighted by molar-refractivity contribution is 0.636. The molecule has 1 aromatic heterocycles. The number of aromatic nitrogens is 1. The summed E-state index contributed by atoms with van der Waals surface area (Å²) in [6.07, 6.45) is 6.30. The molecule has 0 amide bonds. The van der Waals surface area contributed by atoms with E-state index in [9.17, 15) is 4.39 Å². The Hall–Kier alpha value is -1.64. The summed E-state index contributed by atoms with van der Waals surface area (Å²) in [5.41, 5.74) is 3.50. The highest BCUT2D eigenvalue weighted by Gasteiger charge is 2.15. The molecule has 1 aromatic carbocycles. The number of pyridine rings is 1. The first kappa shape index (κ1) is 18.4.